The molecule has 0 saturated carbocycles. The normalized spacial score (nSPS) is 11.0. The minimum atomic E-state index is 0.797. The fourth-order valence-electron chi connectivity index (χ4n) is 1.74. The Labute approximate surface area is 127 Å². The van der Waals surface area contributed by atoms with Gasteiger partial charge in [-0.15, -0.1) is 22.7 Å². The molecule has 5 heteroatoms. The van der Waals surface area contributed by atoms with Crippen LogP contribution in [-0.2, 0) is 6.54 Å². The molecule has 1 nitrogen and oxygen atoms in total. The van der Waals surface area contributed by atoms with Crippen molar-refractivity contribution < 1.29 is 0 Å². The minimum absolute atomic E-state index is 0.797. The number of fused-ring (bicyclic) bond motifs is 1. The van der Waals surface area contributed by atoms with Crippen LogP contribution < -0.4 is 5.32 Å². The third-order valence-electron chi connectivity index (χ3n) is 2.62. The van der Waals surface area contributed by atoms with Gasteiger partial charge in [0, 0.05) is 26.3 Å². The van der Waals surface area contributed by atoms with Crippen molar-refractivity contribution in [1.82, 2.24) is 0 Å². The number of anilines is 1. The third kappa shape index (κ3) is 2.57. The molecular weight excluding hydrogens is 350 g/mol. The Bertz CT molecular complexity index is 670. The van der Waals surface area contributed by atoms with Gasteiger partial charge in [-0.3, -0.25) is 0 Å². The second-order valence-corrected chi connectivity index (χ2v) is 7.40. The van der Waals surface area contributed by atoms with Crippen molar-refractivity contribution in [3.05, 3.63) is 49.4 Å². The third-order valence-corrected chi connectivity index (χ3v) is 5.99. The predicted molar refractivity (Wildman–Crippen MR) is 86.2 cm³/mol. The molecule has 0 unspecified atom stereocenters. The Morgan fingerprint density at radius 2 is 2.11 bits per heavy atom. The summed E-state index contributed by atoms with van der Waals surface area (Å²) in [6.45, 7) is 0.797. The van der Waals surface area contributed by atoms with E-state index in [4.69, 9.17) is 11.6 Å². The van der Waals surface area contributed by atoms with Crippen LogP contribution in [-0.4, -0.2) is 0 Å². The van der Waals surface area contributed by atoms with Gasteiger partial charge in [0.2, 0.25) is 0 Å². The van der Waals surface area contributed by atoms with Gasteiger partial charge in [0.15, 0.2) is 0 Å². The van der Waals surface area contributed by atoms with Crippen molar-refractivity contribution in [3.8, 4) is 0 Å². The summed E-state index contributed by atoms with van der Waals surface area (Å²) in [5.74, 6) is 0. The zero-order valence-corrected chi connectivity index (χ0v) is 13.2. The van der Waals surface area contributed by atoms with Gasteiger partial charge in [0.1, 0.15) is 4.34 Å². The van der Waals surface area contributed by atoms with E-state index in [0.717, 1.165) is 21.0 Å². The highest BCUT2D eigenvalue weighted by Crippen LogP contribution is 2.32. The lowest BCUT2D eigenvalue weighted by Crippen LogP contribution is -1.96. The average molecular weight is 359 g/mol. The molecule has 2 aromatic heterocycles. The molecule has 0 aliphatic heterocycles. The van der Waals surface area contributed by atoms with Crippen LogP contribution >= 0.6 is 50.2 Å². The fraction of sp³-hybridized carbons (Fsp3) is 0.0769. The van der Waals surface area contributed by atoms with Crippen LogP contribution in [0, 0.1) is 0 Å². The molecular formula is C13H9BrClNS2. The van der Waals surface area contributed by atoms with E-state index in [2.05, 4.69) is 57.0 Å². The maximum Gasteiger partial charge on any atom is 0.107 e. The lowest BCUT2D eigenvalue weighted by atomic mass is 10.2. The smallest absolute Gasteiger partial charge is 0.107 e. The highest BCUT2D eigenvalue weighted by atomic mass is 79.9. The van der Waals surface area contributed by atoms with Gasteiger partial charge in [0.05, 0.1) is 0 Å². The first kappa shape index (κ1) is 12.5. The SMILES string of the molecule is Clc1sc(CNc2ccc3sccc3c2)cc1Br. The van der Waals surface area contributed by atoms with E-state index in [0.29, 0.717) is 0 Å². The molecule has 2 heterocycles. The van der Waals surface area contributed by atoms with Crippen LogP contribution in [0.15, 0.2) is 40.2 Å². The van der Waals surface area contributed by atoms with Crippen LogP contribution in [0.4, 0.5) is 5.69 Å². The highest BCUT2D eigenvalue weighted by Gasteiger charge is 2.04. The first-order valence-corrected chi connectivity index (χ1v) is 8.24. The Hall–Kier alpha value is -0.550. The van der Waals surface area contributed by atoms with Gasteiger partial charge in [0.25, 0.3) is 0 Å². The van der Waals surface area contributed by atoms with Crippen molar-refractivity contribution in [2.24, 2.45) is 0 Å². The number of thiophene rings is 2. The van der Waals surface area contributed by atoms with E-state index in [9.17, 15) is 0 Å². The molecule has 1 N–H and O–H groups in total. The van der Waals surface area contributed by atoms with Gasteiger partial charge in [-0.2, -0.15) is 0 Å². The zero-order valence-electron chi connectivity index (χ0n) is 9.24. The summed E-state index contributed by atoms with van der Waals surface area (Å²) < 4.78 is 3.10. The molecule has 0 atom stereocenters. The quantitative estimate of drug-likeness (QED) is 0.606. The van der Waals surface area contributed by atoms with E-state index < -0.39 is 0 Å². The standard InChI is InChI=1S/C13H9BrClNS2/c14-11-6-10(18-13(11)15)7-16-9-1-2-12-8(5-9)3-4-17-12/h1-6,16H,7H2. The fourth-order valence-corrected chi connectivity index (χ4v) is 4.25. The molecule has 3 rings (SSSR count). The van der Waals surface area contributed by atoms with Gasteiger partial charge >= 0.3 is 0 Å². The lowest BCUT2D eigenvalue weighted by molar-refractivity contribution is 1.19. The van der Waals surface area contributed by atoms with Crippen LogP contribution in [0.1, 0.15) is 4.88 Å². The van der Waals surface area contributed by atoms with E-state index in [-0.39, 0.29) is 0 Å². The number of hydrogen-bond donors (Lipinski definition) is 1. The molecule has 0 aliphatic rings. The molecule has 1 aromatic carbocycles. The molecule has 92 valence electrons. The first-order valence-electron chi connectivity index (χ1n) is 5.37. The van der Waals surface area contributed by atoms with Gasteiger partial charge in [-0.1, -0.05) is 11.6 Å². The molecule has 0 bridgehead atoms. The Morgan fingerprint density at radius 3 is 2.89 bits per heavy atom. The highest BCUT2D eigenvalue weighted by molar-refractivity contribution is 9.10. The largest absolute Gasteiger partial charge is 0.380 e. The summed E-state index contributed by atoms with van der Waals surface area (Å²) in [5, 5.41) is 6.82. The van der Waals surface area contributed by atoms with Crippen molar-refractivity contribution in [1.29, 1.82) is 0 Å². The maximum absolute atomic E-state index is 6.02. The van der Waals surface area contributed by atoms with Crippen LogP contribution in [0.3, 0.4) is 0 Å². The van der Waals surface area contributed by atoms with Gasteiger partial charge in [-0.25, -0.2) is 0 Å². The second kappa shape index (κ2) is 5.21. The summed E-state index contributed by atoms with van der Waals surface area (Å²) in [6, 6.07) is 10.6. The monoisotopic (exact) mass is 357 g/mol. The van der Waals surface area contributed by atoms with Crippen LogP contribution in [0.5, 0.6) is 0 Å². The van der Waals surface area contributed by atoms with Gasteiger partial charge < -0.3 is 5.32 Å². The summed E-state index contributed by atoms with van der Waals surface area (Å²) in [5.41, 5.74) is 1.14. The van der Waals surface area contributed by atoms with Crippen molar-refractivity contribution in [2.45, 2.75) is 6.54 Å². The minimum Gasteiger partial charge on any atom is -0.380 e. The number of benzene rings is 1. The summed E-state index contributed by atoms with van der Waals surface area (Å²) in [6.07, 6.45) is 0. The zero-order chi connectivity index (χ0) is 12.5. The van der Waals surface area contributed by atoms with Crippen LogP contribution in [0.2, 0.25) is 4.34 Å². The Morgan fingerprint density at radius 1 is 1.22 bits per heavy atom. The number of nitrogens with one attached hydrogen (secondary N) is 1. The Kier molecular flexibility index (Phi) is 3.61. The molecule has 0 amide bonds. The molecule has 0 spiro atoms. The average Bonchev–Trinajstić information content (AvgIpc) is 2.94. The molecule has 0 radical (unpaired) electrons. The summed E-state index contributed by atoms with van der Waals surface area (Å²) in [7, 11) is 0. The molecule has 3 aromatic rings. The maximum atomic E-state index is 6.02. The van der Waals surface area contributed by atoms with Crippen LogP contribution in [0.25, 0.3) is 10.1 Å². The first-order chi connectivity index (χ1) is 8.72. The lowest BCUT2D eigenvalue weighted by Gasteiger charge is -2.04. The van der Waals surface area contributed by atoms with E-state index in [1.54, 1.807) is 22.7 Å². The molecule has 0 fully saturated rings. The molecule has 0 aliphatic carbocycles. The molecule has 0 saturated heterocycles. The predicted octanol–water partition coefficient (Wildman–Crippen LogP) is 5.99. The van der Waals surface area contributed by atoms with Gasteiger partial charge in [-0.05, 0) is 57.0 Å². The summed E-state index contributed by atoms with van der Waals surface area (Å²) in [4.78, 5) is 1.22. The van der Waals surface area contributed by atoms with E-state index >= 15 is 0 Å². The topological polar surface area (TPSA) is 12.0 Å². The summed E-state index contributed by atoms with van der Waals surface area (Å²) >= 11 is 12.8. The van der Waals surface area contributed by atoms with Crippen molar-refractivity contribution >= 4 is 66.0 Å². The van der Waals surface area contributed by atoms with E-state index in [1.807, 2.05) is 0 Å². The van der Waals surface area contributed by atoms with E-state index in [1.165, 1.54) is 15.0 Å². The van der Waals surface area contributed by atoms with Crippen molar-refractivity contribution in [2.75, 3.05) is 5.32 Å². The number of hydrogen-bond acceptors (Lipinski definition) is 3. The molecule has 18 heavy (non-hydrogen) atoms. The second-order valence-electron chi connectivity index (χ2n) is 3.86. The number of halogens is 2. The Balaban J connectivity index is 1.76. The number of rotatable bonds is 3. The van der Waals surface area contributed by atoms with Crippen molar-refractivity contribution in [3.63, 3.8) is 0 Å².